The molecule has 0 unspecified atom stereocenters. The van der Waals surface area contributed by atoms with Gasteiger partial charge in [-0.3, -0.25) is 9.89 Å². The second kappa shape index (κ2) is 8.97. The lowest BCUT2D eigenvalue weighted by molar-refractivity contribution is 0.0955. The number of nitrogens with zero attached hydrogens (tertiary/aromatic N) is 1. The minimum atomic E-state index is -0.236. The van der Waals surface area contributed by atoms with Gasteiger partial charge in [-0.1, -0.05) is 18.2 Å². The van der Waals surface area contributed by atoms with Gasteiger partial charge >= 0.3 is 0 Å². The Morgan fingerprint density at radius 2 is 1.90 bits per heavy atom. The molecule has 0 saturated carbocycles. The molecule has 29 heavy (non-hydrogen) atoms. The molecule has 3 rings (SSSR count). The minimum Gasteiger partial charge on any atom is -0.495 e. The SMILES string of the molecule is C=CCNC(=O)c1ccc2[nH]nc(C=Cc3ccc(OC)c(OC)c3)c2c1OC. The van der Waals surface area contributed by atoms with Crippen molar-refractivity contribution in [2.75, 3.05) is 27.9 Å². The number of amides is 1. The van der Waals surface area contributed by atoms with E-state index in [-0.39, 0.29) is 5.91 Å². The summed E-state index contributed by atoms with van der Waals surface area (Å²) in [6, 6.07) is 9.14. The van der Waals surface area contributed by atoms with E-state index in [4.69, 9.17) is 14.2 Å². The van der Waals surface area contributed by atoms with Gasteiger partial charge in [-0.2, -0.15) is 5.10 Å². The van der Waals surface area contributed by atoms with Gasteiger partial charge in [0, 0.05) is 6.54 Å². The Morgan fingerprint density at radius 1 is 1.10 bits per heavy atom. The molecule has 7 nitrogen and oxygen atoms in total. The Morgan fingerprint density at radius 3 is 2.59 bits per heavy atom. The number of aromatic nitrogens is 2. The molecule has 0 bridgehead atoms. The Kier molecular flexibility index (Phi) is 6.19. The number of carbonyl (C=O) groups is 1. The number of rotatable bonds is 8. The molecule has 2 N–H and O–H groups in total. The highest BCUT2D eigenvalue weighted by Gasteiger charge is 2.18. The predicted octanol–water partition coefficient (Wildman–Crippen LogP) is 3.67. The molecule has 2 aromatic carbocycles. The lowest BCUT2D eigenvalue weighted by Gasteiger charge is -2.10. The lowest BCUT2D eigenvalue weighted by Crippen LogP contribution is -2.23. The van der Waals surface area contributed by atoms with Crippen LogP contribution in [0.25, 0.3) is 23.1 Å². The maximum Gasteiger partial charge on any atom is 0.255 e. The average molecular weight is 393 g/mol. The predicted molar refractivity (Wildman–Crippen MR) is 114 cm³/mol. The van der Waals surface area contributed by atoms with E-state index >= 15 is 0 Å². The topological polar surface area (TPSA) is 85.5 Å². The van der Waals surface area contributed by atoms with Crippen molar-refractivity contribution in [2.45, 2.75) is 0 Å². The van der Waals surface area contributed by atoms with Crippen LogP contribution in [0.5, 0.6) is 17.2 Å². The maximum atomic E-state index is 12.5. The standard InChI is InChI=1S/C22H23N3O4/c1-5-12-23-22(26)15-8-10-17-20(21(15)29-4)16(24-25-17)9-6-14-7-11-18(27-2)19(13-14)28-3/h5-11,13H,1,12H2,2-4H3,(H,23,26)(H,24,25). The Hall–Kier alpha value is -3.74. The third-order valence-corrected chi connectivity index (χ3v) is 4.41. The summed E-state index contributed by atoms with van der Waals surface area (Å²) in [5, 5.41) is 10.8. The molecule has 0 aliphatic carbocycles. The van der Waals surface area contributed by atoms with E-state index in [2.05, 4.69) is 22.1 Å². The number of H-pyrrole nitrogens is 1. The highest BCUT2D eigenvalue weighted by Crippen LogP contribution is 2.33. The Balaban J connectivity index is 2.01. The molecule has 7 heteroatoms. The number of hydrogen-bond donors (Lipinski definition) is 2. The summed E-state index contributed by atoms with van der Waals surface area (Å²) in [4.78, 5) is 12.5. The van der Waals surface area contributed by atoms with Crippen LogP contribution in [0, 0.1) is 0 Å². The first-order chi connectivity index (χ1) is 14.1. The van der Waals surface area contributed by atoms with E-state index in [9.17, 15) is 4.79 Å². The summed E-state index contributed by atoms with van der Waals surface area (Å²) < 4.78 is 16.2. The molecule has 1 aromatic heterocycles. The molecule has 0 radical (unpaired) electrons. The fourth-order valence-corrected chi connectivity index (χ4v) is 3.01. The third kappa shape index (κ3) is 4.08. The first kappa shape index (κ1) is 20.0. The van der Waals surface area contributed by atoms with E-state index in [1.165, 1.54) is 7.11 Å². The summed E-state index contributed by atoms with van der Waals surface area (Å²) in [7, 11) is 4.72. The normalized spacial score (nSPS) is 10.9. The zero-order chi connectivity index (χ0) is 20.8. The van der Waals surface area contributed by atoms with Crippen molar-refractivity contribution in [3.8, 4) is 17.2 Å². The smallest absolute Gasteiger partial charge is 0.255 e. The van der Waals surface area contributed by atoms with Crippen molar-refractivity contribution >= 4 is 29.0 Å². The fourth-order valence-electron chi connectivity index (χ4n) is 3.01. The first-order valence-corrected chi connectivity index (χ1v) is 8.97. The quantitative estimate of drug-likeness (QED) is 0.570. The monoisotopic (exact) mass is 393 g/mol. The zero-order valence-corrected chi connectivity index (χ0v) is 16.6. The molecule has 0 fully saturated rings. The molecular weight excluding hydrogens is 370 g/mol. The molecular formula is C22H23N3O4. The second-order valence-corrected chi connectivity index (χ2v) is 6.12. The van der Waals surface area contributed by atoms with Crippen LogP contribution in [0.3, 0.4) is 0 Å². The van der Waals surface area contributed by atoms with Gasteiger partial charge in [-0.25, -0.2) is 0 Å². The molecule has 3 aromatic rings. The van der Waals surface area contributed by atoms with Crippen molar-refractivity contribution < 1.29 is 19.0 Å². The van der Waals surface area contributed by atoms with Crippen LogP contribution >= 0.6 is 0 Å². The van der Waals surface area contributed by atoms with Gasteiger partial charge in [0.25, 0.3) is 5.91 Å². The van der Waals surface area contributed by atoms with Crippen molar-refractivity contribution in [3.63, 3.8) is 0 Å². The number of benzene rings is 2. The van der Waals surface area contributed by atoms with Gasteiger partial charge in [0.15, 0.2) is 11.5 Å². The van der Waals surface area contributed by atoms with Crippen LogP contribution in [0.15, 0.2) is 43.0 Å². The highest BCUT2D eigenvalue weighted by atomic mass is 16.5. The first-order valence-electron chi connectivity index (χ1n) is 8.97. The second-order valence-electron chi connectivity index (χ2n) is 6.12. The summed E-state index contributed by atoms with van der Waals surface area (Å²) in [6.07, 6.45) is 5.38. The summed E-state index contributed by atoms with van der Waals surface area (Å²) >= 11 is 0. The number of methoxy groups -OCH3 is 3. The van der Waals surface area contributed by atoms with E-state index in [0.29, 0.717) is 35.1 Å². The van der Waals surface area contributed by atoms with Gasteiger partial charge < -0.3 is 19.5 Å². The van der Waals surface area contributed by atoms with Crippen LogP contribution in [-0.4, -0.2) is 44.0 Å². The van der Waals surface area contributed by atoms with Crippen molar-refractivity contribution in [1.29, 1.82) is 0 Å². The third-order valence-electron chi connectivity index (χ3n) is 4.41. The van der Waals surface area contributed by atoms with Crippen LogP contribution in [0.1, 0.15) is 21.6 Å². The number of fused-ring (bicyclic) bond motifs is 1. The summed E-state index contributed by atoms with van der Waals surface area (Å²) in [5.41, 5.74) is 2.78. The van der Waals surface area contributed by atoms with Gasteiger partial charge in [0.05, 0.1) is 43.5 Å². The molecule has 0 spiro atoms. The minimum absolute atomic E-state index is 0.236. The van der Waals surface area contributed by atoms with Crippen molar-refractivity contribution in [3.05, 3.63) is 59.8 Å². The number of carbonyl (C=O) groups excluding carboxylic acids is 1. The average Bonchev–Trinajstić information content (AvgIpc) is 3.18. The molecule has 0 saturated heterocycles. The van der Waals surface area contributed by atoms with E-state index in [1.54, 1.807) is 32.4 Å². The highest BCUT2D eigenvalue weighted by molar-refractivity contribution is 6.05. The summed E-state index contributed by atoms with van der Waals surface area (Å²) in [5.74, 6) is 1.52. The number of ether oxygens (including phenoxy) is 3. The zero-order valence-electron chi connectivity index (χ0n) is 16.6. The van der Waals surface area contributed by atoms with Gasteiger partial charge in [-0.05, 0) is 35.9 Å². The molecule has 150 valence electrons. The van der Waals surface area contributed by atoms with E-state index < -0.39 is 0 Å². The molecule has 1 amide bonds. The Labute approximate surface area is 169 Å². The van der Waals surface area contributed by atoms with Gasteiger partial charge in [0.2, 0.25) is 0 Å². The van der Waals surface area contributed by atoms with Crippen LogP contribution in [-0.2, 0) is 0 Å². The molecule has 0 aliphatic heterocycles. The van der Waals surface area contributed by atoms with Gasteiger partial charge in [0.1, 0.15) is 5.75 Å². The lowest BCUT2D eigenvalue weighted by atomic mass is 10.1. The summed E-state index contributed by atoms with van der Waals surface area (Å²) in [6.45, 7) is 3.99. The van der Waals surface area contributed by atoms with Gasteiger partial charge in [-0.15, -0.1) is 6.58 Å². The van der Waals surface area contributed by atoms with Crippen LogP contribution < -0.4 is 19.5 Å². The molecule has 0 aliphatic rings. The fraction of sp³-hybridized carbons (Fsp3) is 0.182. The van der Waals surface area contributed by atoms with Crippen molar-refractivity contribution in [1.82, 2.24) is 15.5 Å². The van der Waals surface area contributed by atoms with E-state index in [1.807, 2.05) is 30.4 Å². The number of hydrogen-bond acceptors (Lipinski definition) is 5. The van der Waals surface area contributed by atoms with Crippen LogP contribution in [0.2, 0.25) is 0 Å². The molecule has 1 heterocycles. The number of nitrogens with one attached hydrogen (secondary N) is 2. The number of aromatic amines is 1. The van der Waals surface area contributed by atoms with Crippen molar-refractivity contribution in [2.24, 2.45) is 0 Å². The van der Waals surface area contributed by atoms with E-state index in [0.717, 1.165) is 16.5 Å². The largest absolute Gasteiger partial charge is 0.495 e. The Bertz CT molecular complexity index is 1070. The maximum absolute atomic E-state index is 12.5. The molecule has 0 atom stereocenters. The van der Waals surface area contributed by atoms with Crippen LogP contribution in [0.4, 0.5) is 0 Å².